The number of carbonyl (C=O) groups excluding carboxylic acids is 1. The van der Waals surface area contributed by atoms with E-state index in [2.05, 4.69) is 6.58 Å². The second kappa shape index (κ2) is 3.31. The van der Waals surface area contributed by atoms with Gasteiger partial charge in [0.15, 0.2) is 6.29 Å². The van der Waals surface area contributed by atoms with Crippen LogP contribution in [0.1, 0.15) is 33.6 Å². The molecule has 1 N–H and O–H groups in total. The van der Waals surface area contributed by atoms with Crippen LogP contribution in [-0.4, -0.2) is 34.0 Å². The highest BCUT2D eigenvalue weighted by Gasteiger charge is 2.60. The van der Waals surface area contributed by atoms with Crippen molar-refractivity contribution in [1.82, 2.24) is 4.90 Å². The molecule has 0 aromatic carbocycles. The summed E-state index contributed by atoms with van der Waals surface area (Å²) in [6, 6.07) is 0. The Balaban J connectivity index is 2.42. The van der Waals surface area contributed by atoms with Crippen molar-refractivity contribution in [2.24, 2.45) is 5.41 Å². The average molecular weight is 225 g/mol. The molecule has 16 heavy (non-hydrogen) atoms. The van der Waals surface area contributed by atoms with Gasteiger partial charge in [-0.05, 0) is 6.42 Å². The van der Waals surface area contributed by atoms with E-state index in [1.165, 1.54) is 0 Å². The van der Waals surface area contributed by atoms with Crippen molar-refractivity contribution in [2.75, 3.05) is 0 Å². The highest BCUT2D eigenvalue weighted by molar-refractivity contribution is 5.81. The predicted octanol–water partition coefficient (Wildman–Crippen LogP) is 1.25. The van der Waals surface area contributed by atoms with E-state index in [4.69, 9.17) is 4.74 Å². The lowest BCUT2D eigenvalue weighted by Crippen LogP contribution is -2.50. The first kappa shape index (κ1) is 11.6. The first-order valence-electron chi connectivity index (χ1n) is 5.62. The standard InChI is InChI=1S/C12H19NO3/c1-5-12-7-6-8(14)13(12)9(11(2,3)4)16-10(12)15/h5,9-10,15H,1,6-7H2,2-4H3/t9?,10?,12-/m0/s1. The largest absolute Gasteiger partial charge is 0.366 e. The molecule has 2 heterocycles. The van der Waals surface area contributed by atoms with Gasteiger partial charge in [0, 0.05) is 11.8 Å². The molecule has 4 heteroatoms. The number of rotatable bonds is 1. The first-order chi connectivity index (χ1) is 7.33. The van der Waals surface area contributed by atoms with E-state index >= 15 is 0 Å². The Kier molecular flexibility index (Phi) is 2.40. The lowest BCUT2D eigenvalue weighted by Gasteiger charge is -2.36. The van der Waals surface area contributed by atoms with Crippen LogP contribution in [0.15, 0.2) is 12.7 Å². The third-order valence-corrected chi connectivity index (χ3v) is 3.47. The van der Waals surface area contributed by atoms with Gasteiger partial charge >= 0.3 is 0 Å². The van der Waals surface area contributed by atoms with Crippen LogP contribution in [0.5, 0.6) is 0 Å². The summed E-state index contributed by atoms with van der Waals surface area (Å²) in [6.07, 6.45) is 1.35. The Hall–Kier alpha value is -0.870. The Morgan fingerprint density at radius 1 is 1.62 bits per heavy atom. The van der Waals surface area contributed by atoms with Gasteiger partial charge in [-0.2, -0.15) is 0 Å². The molecule has 0 bridgehead atoms. The molecule has 0 saturated carbocycles. The monoisotopic (exact) mass is 225 g/mol. The van der Waals surface area contributed by atoms with Crippen molar-refractivity contribution >= 4 is 5.91 Å². The van der Waals surface area contributed by atoms with E-state index in [0.29, 0.717) is 12.8 Å². The SMILES string of the molecule is C=C[C@@]12CCC(=O)N1C(C(C)(C)C)OC2O. The van der Waals surface area contributed by atoms with Gasteiger partial charge in [0.25, 0.3) is 0 Å². The fourth-order valence-corrected chi connectivity index (χ4v) is 2.57. The number of fused-ring (bicyclic) bond motifs is 1. The highest BCUT2D eigenvalue weighted by Crippen LogP contribution is 2.47. The van der Waals surface area contributed by atoms with Crippen molar-refractivity contribution in [1.29, 1.82) is 0 Å². The topological polar surface area (TPSA) is 49.8 Å². The van der Waals surface area contributed by atoms with Crippen LogP contribution < -0.4 is 0 Å². The van der Waals surface area contributed by atoms with Crippen molar-refractivity contribution in [3.63, 3.8) is 0 Å². The minimum atomic E-state index is -0.958. The zero-order chi connectivity index (χ0) is 12.1. The summed E-state index contributed by atoms with van der Waals surface area (Å²) in [6.45, 7) is 9.73. The van der Waals surface area contributed by atoms with Gasteiger partial charge in [0.2, 0.25) is 5.91 Å². The second-order valence-electron chi connectivity index (χ2n) is 5.67. The average Bonchev–Trinajstić information content (AvgIpc) is 2.65. The zero-order valence-corrected chi connectivity index (χ0v) is 10.1. The Bertz CT molecular complexity index is 334. The molecule has 90 valence electrons. The third-order valence-electron chi connectivity index (χ3n) is 3.47. The van der Waals surface area contributed by atoms with E-state index in [9.17, 15) is 9.90 Å². The van der Waals surface area contributed by atoms with E-state index < -0.39 is 11.8 Å². The van der Waals surface area contributed by atoms with E-state index in [1.54, 1.807) is 11.0 Å². The molecule has 3 atom stereocenters. The molecule has 0 aliphatic carbocycles. The summed E-state index contributed by atoms with van der Waals surface area (Å²) in [5, 5.41) is 10.0. The molecule has 0 radical (unpaired) electrons. The summed E-state index contributed by atoms with van der Waals surface area (Å²) in [4.78, 5) is 13.6. The van der Waals surface area contributed by atoms with Gasteiger partial charge < -0.3 is 14.7 Å². The Morgan fingerprint density at radius 2 is 2.25 bits per heavy atom. The van der Waals surface area contributed by atoms with Crippen LogP contribution in [0.2, 0.25) is 0 Å². The van der Waals surface area contributed by atoms with E-state index in [-0.39, 0.29) is 17.6 Å². The minimum Gasteiger partial charge on any atom is -0.366 e. The van der Waals surface area contributed by atoms with E-state index in [0.717, 1.165) is 0 Å². The maximum absolute atomic E-state index is 11.9. The van der Waals surface area contributed by atoms with Gasteiger partial charge in [0.05, 0.1) is 0 Å². The van der Waals surface area contributed by atoms with Gasteiger partial charge in [-0.3, -0.25) is 4.79 Å². The van der Waals surface area contributed by atoms with Crippen LogP contribution in [0.3, 0.4) is 0 Å². The van der Waals surface area contributed by atoms with Crippen molar-refractivity contribution in [3.05, 3.63) is 12.7 Å². The highest BCUT2D eigenvalue weighted by atomic mass is 16.6. The van der Waals surface area contributed by atoms with Gasteiger partial charge in [-0.1, -0.05) is 26.8 Å². The number of carbonyl (C=O) groups is 1. The number of nitrogens with zero attached hydrogens (tertiary/aromatic N) is 1. The van der Waals surface area contributed by atoms with Crippen LogP contribution >= 0.6 is 0 Å². The summed E-state index contributed by atoms with van der Waals surface area (Å²) >= 11 is 0. The third kappa shape index (κ3) is 1.33. The molecular weight excluding hydrogens is 206 g/mol. The van der Waals surface area contributed by atoms with Crippen molar-refractivity contribution in [2.45, 2.75) is 51.7 Å². The molecule has 4 nitrogen and oxygen atoms in total. The molecule has 2 saturated heterocycles. The van der Waals surface area contributed by atoms with Crippen LogP contribution in [0.25, 0.3) is 0 Å². The fraction of sp³-hybridized carbons (Fsp3) is 0.750. The Labute approximate surface area is 95.9 Å². The molecular formula is C12H19NO3. The van der Waals surface area contributed by atoms with E-state index in [1.807, 2.05) is 20.8 Å². The summed E-state index contributed by atoms with van der Waals surface area (Å²) in [5.41, 5.74) is -0.930. The number of amides is 1. The quantitative estimate of drug-likeness (QED) is 0.683. The number of aliphatic hydroxyl groups excluding tert-OH is 1. The lowest BCUT2D eigenvalue weighted by atomic mass is 9.91. The molecule has 0 spiro atoms. The number of hydrogen-bond acceptors (Lipinski definition) is 3. The van der Waals surface area contributed by atoms with Gasteiger partial charge in [-0.25, -0.2) is 0 Å². The van der Waals surface area contributed by atoms with Crippen molar-refractivity contribution < 1.29 is 14.6 Å². The zero-order valence-electron chi connectivity index (χ0n) is 10.1. The summed E-state index contributed by atoms with van der Waals surface area (Å²) in [7, 11) is 0. The normalized spacial score (nSPS) is 39.0. The predicted molar refractivity (Wildman–Crippen MR) is 59.3 cm³/mol. The first-order valence-corrected chi connectivity index (χ1v) is 5.62. The molecule has 0 aromatic heterocycles. The maximum Gasteiger partial charge on any atom is 0.225 e. The summed E-state index contributed by atoms with van der Waals surface area (Å²) < 4.78 is 5.55. The fourth-order valence-electron chi connectivity index (χ4n) is 2.57. The number of aliphatic hydroxyl groups is 1. The number of ether oxygens (including phenoxy) is 1. The Morgan fingerprint density at radius 3 is 2.75 bits per heavy atom. The molecule has 0 aromatic rings. The van der Waals surface area contributed by atoms with Crippen LogP contribution in [0, 0.1) is 5.41 Å². The number of hydrogen-bond donors (Lipinski definition) is 1. The van der Waals surface area contributed by atoms with Gasteiger partial charge in [0.1, 0.15) is 11.8 Å². The molecule has 2 aliphatic rings. The lowest BCUT2D eigenvalue weighted by molar-refractivity contribution is -0.153. The second-order valence-corrected chi connectivity index (χ2v) is 5.67. The minimum absolute atomic E-state index is 0.0383. The molecule has 2 rings (SSSR count). The molecule has 1 amide bonds. The molecule has 2 fully saturated rings. The van der Waals surface area contributed by atoms with Gasteiger partial charge in [-0.15, -0.1) is 6.58 Å². The van der Waals surface area contributed by atoms with Crippen LogP contribution in [0.4, 0.5) is 0 Å². The van der Waals surface area contributed by atoms with Crippen molar-refractivity contribution in [3.8, 4) is 0 Å². The molecule has 2 aliphatic heterocycles. The summed E-state index contributed by atoms with van der Waals surface area (Å²) in [5.74, 6) is 0.0383. The van der Waals surface area contributed by atoms with Crippen LogP contribution in [-0.2, 0) is 9.53 Å². The smallest absolute Gasteiger partial charge is 0.225 e. The maximum atomic E-state index is 11.9. The molecule has 2 unspecified atom stereocenters.